The topological polar surface area (TPSA) is 38.3 Å². The lowest BCUT2D eigenvalue weighted by Gasteiger charge is -2.20. The molecule has 1 atom stereocenters. The third-order valence-electron chi connectivity index (χ3n) is 2.28. The van der Waals surface area contributed by atoms with Crippen LogP contribution < -0.4 is 5.32 Å². The van der Waals surface area contributed by atoms with Gasteiger partial charge in [0.1, 0.15) is 6.61 Å². The van der Waals surface area contributed by atoms with Gasteiger partial charge in [0, 0.05) is 0 Å². The first-order chi connectivity index (χ1) is 6.21. The van der Waals surface area contributed by atoms with Gasteiger partial charge < -0.3 is 10.1 Å². The van der Waals surface area contributed by atoms with Crippen LogP contribution in [0.2, 0.25) is 0 Å². The van der Waals surface area contributed by atoms with Gasteiger partial charge in [0.05, 0.1) is 5.54 Å². The average molecular weight is 177 g/mol. The van der Waals surface area contributed by atoms with E-state index in [4.69, 9.17) is 4.74 Å². The van der Waals surface area contributed by atoms with E-state index in [2.05, 4.69) is 5.32 Å². The molecular weight excluding hydrogens is 166 g/mol. The first-order valence-corrected chi connectivity index (χ1v) is 4.21. The van der Waals surface area contributed by atoms with Crippen LogP contribution in [0.25, 0.3) is 0 Å². The number of amides is 1. The SMILES string of the molecule is C[C@@]1(c2ccccc2)COC(=O)N1. The first-order valence-electron chi connectivity index (χ1n) is 4.21. The third kappa shape index (κ3) is 1.37. The summed E-state index contributed by atoms with van der Waals surface area (Å²) in [4.78, 5) is 10.9. The van der Waals surface area contributed by atoms with Gasteiger partial charge in [-0.1, -0.05) is 30.3 Å². The number of carbonyl (C=O) groups is 1. The third-order valence-corrected chi connectivity index (χ3v) is 2.28. The van der Waals surface area contributed by atoms with Crippen LogP contribution in [0.1, 0.15) is 12.5 Å². The van der Waals surface area contributed by atoms with Crippen molar-refractivity contribution in [2.75, 3.05) is 6.61 Å². The number of rotatable bonds is 1. The highest BCUT2D eigenvalue weighted by molar-refractivity contribution is 5.71. The zero-order valence-corrected chi connectivity index (χ0v) is 7.41. The van der Waals surface area contributed by atoms with E-state index in [1.165, 1.54) is 0 Å². The fourth-order valence-electron chi connectivity index (χ4n) is 1.47. The molecule has 13 heavy (non-hydrogen) atoms. The van der Waals surface area contributed by atoms with E-state index in [9.17, 15) is 4.79 Å². The zero-order valence-electron chi connectivity index (χ0n) is 7.41. The van der Waals surface area contributed by atoms with E-state index in [1.54, 1.807) is 0 Å². The Hall–Kier alpha value is -1.51. The molecule has 2 rings (SSSR count). The average Bonchev–Trinajstić information content (AvgIpc) is 2.49. The fraction of sp³-hybridized carbons (Fsp3) is 0.300. The highest BCUT2D eigenvalue weighted by Crippen LogP contribution is 2.24. The Bertz CT molecular complexity index is 323. The Kier molecular flexibility index (Phi) is 1.72. The van der Waals surface area contributed by atoms with Gasteiger partial charge in [-0.05, 0) is 12.5 Å². The van der Waals surface area contributed by atoms with Crippen LogP contribution in [0.4, 0.5) is 4.79 Å². The molecule has 0 bridgehead atoms. The Morgan fingerprint density at radius 3 is 2.62 bits per heavy atom. The minimum atomic E-state index is -0.363. The van der Waals surface area contributed by atoms with Crippen molar-refractivity contribution in [1.29, 1.82) is 0 Å². The van der Waals surface area contributed by atoms with Crippen molar-refractivity contribution in [1.82, 2.24) is 5.32 Å². The van der Waals surface area contributed by atoms with Crippen LogP contribution >= 0.6 is 0 Å². The summed E-state index contributed by atoms with van der Waals surface area (Å²) in [5, 5.41) is 2.79. The second-order valence-electron chi connectivity index (χ2n) is 3.40. The number of hydrogen-bond donors (Lipinski definition) is 1. The number of carbonyl (C=O) groups excluding carboxylic acids is 1. The Balaban J connectivity index is 2.31. The number of alkyl carbamates (subject to hydrolysis) is 1. The highest BCUT2D eigenvalue weighted by atomic mass is 16.6. The summed E-state index contributed by atoms with van der Waals surface area (Å²) in [5.41, 5.74) is 0.707. The molecule has 1 N–H and O–H groups in total. The number of cyclic esters (lactones) is 1. The normalized spacial score (nSPS) is 26.7. The molecule has 0 aromatic heterocycles. The summed E-state index contributed by atoms with van der Waals surface area (Å²) >= 11 is 0. The van der Waals surface area contributed by atoms with Gasteiger partial charge in [0.15, 0.2) is 0 Å². The maximum Gasteiger partial charge on any atom is 0.408 e. The Morgan fingerprint density at radius 1 is 1.38 bits per heavy atom. The van der Waals surface area contributed by atoms with Crippen LogP contribution in [0.3, 0.4) is 0 Å². The Morgan fingerprint density at radius 2 is 2.08 bits per heavy atom. The smallest absolute Gasteiger partial charge is 0.408 e. The summed E-state index contributed by atoms with van der Waals surface area (Å²) in [7, 11) is 0. The molecule has 1 aliphatic heterocycles. The van der Waals surface area contributed by atoms with E-state index in [1.807, 2.05) is 37.3 Å². The highest BCUT2D eigenvalue weighted by Gasteiger charge is 2.36. The van der Waals surface area contributed by atoms with Crippen molar-refractivity contribution < 1.29 is 9.53 Å². The zero-order chi connectivity index (χ0) is 9.31. The second-order valence-corrected chi connectivity index (χ2v) is 3.40. The van der Waals surface area contributed by atoms with Crippen LogP contribution in [0.5, 0.6) is 0 Å². The molecule has 1 aromatic rings. The van der Waals surface area contributed by atoms with Gasteiger partial charge in [-0.3, -0.25) is 0 Å². The molecule has 0 unspecified atom stereocenters. The van der Waals surface area contributed by atoms with Crippen LogP contribution in [0, 0.1) is 0 Å². The molecule has 0 spiro atoms. The summed E-state index contributed by atoms with van der Waals surface area (Å²) in [6, 6.07) is 9.81. The maximum absolute atomic E-state index is 10.9. The largest absolute Gasteiger partial charge is 0.447 e. The Labute approximate surface area is 76.7 Å². The fourth-order valence-corrected chi connectivity index (χ4v) is 1.47. The maximum atomic E-state index is 10.9. The van der Waals surface area contributed by atoms with Gasteiger partial charge in [-0.15, -0.1) is 0 Å². The van der Waals surface area contributed by atoms with Crippen molar-refractivity contribution in [2.45, 2.75) is 12.5 Å². The van der Waals surface area contributed by atoms with Gasteiger partial charge in [0.25, 0.3) is 0 Å². The molecule has 68 valence electrons. The lowest BCUT2D eigenvalue weighted by atomic mass is 9.94. The van der Waals surface area contributed by atoms with E-state index in [0.29, 0.717) is 6.61 Å². The minimum absolute atomic E-state index is 0.341. The number of nitrogens with one attached hydrogen (secondary N) is 1. The lowest BCUT2D eigenvalue weighted by molar-refractivity contribution is 0.173. The first kappa shape index (κ1) is 8.10. The molecule has 1 aliphatic rings. The van der Waals surface area contributed by atoms with Crippen molar-refractivity contribution >= 4 is 6.09 Å². The van der Waals surface area contributed by atoms with Gasteiger partial charge in [-0.2, -0.15) is 0 Å². The predicted octanol–water partition coefficient (Wildman–Crippen LogP) is 1.64. The van der Waals surface area contributed by atoms with Gasteiger partial charge in [-0.25, -0.2) is 4.79 Å². The van der Waals surface area contributed by atoms with Crippen LogP contribution in [0.15, 0.2) is 30.3 Å². The molecule has 3 heteroatoms. The molecule has 1 aromatic carbocycles. The molecule has 1 amide bonds. The molecule has 1 saturated heterocycles. The molecule has 3 nitrogen and oxygen atoms in total. The molecule has 0 radical (unpaired) electrons. The van der Waals surface area contributed by atoms with Crippen molar-refractivity contribution in [3.8, 4) is 0 Å². The summed E-state index contributed by atoms with van der Waals surface area (Å²) in [6.07, 6.45) is -0.341. The van der Waals surface area contributed by atoms with Crippen LogP contribution in [-0.4, -0.2) is 12.7 Å². The van der Waals surface area contributed by atoms with Crippen molar-refractivity contribution in [2.24, 2.45) is 0 Å². The molecule has 0 aliphatic carbocycles. The second kappa shape index (κ2) is 2.76. The molecule has 1 fully saturated rings. The van der Waals surface area contributed by atoms with Crippen molar-refractivity contribution in [3.63, 3.8) is 0 Å². The molecule has 1 heterocycles. The van der Waals surface area contributed by atoms with Gasteiger partial charge in [0.2, 0.25) is 0 Å². The summed E-state index contributed by atoms with van der Waals surface area (Å²) < 4.78 is 4.87. The van der Waals surface area contributed by atoms with E-state index >= 15 is 0 Å². The minimum Gasteiger partial charge on any atom is -0.447 e. The van der Waals surface area contributed by atoms with E-state index < -0.39 is 0 Å². The monoisotopic (exact) mass is 177 g/mol. The summed E-state index contributed by atoms with van der Waals surface area (Å²) in [5.74, 6) is 0. The number of ether oxygens (including phenoxy) is 1. The number of hydrogen-bond acceptors (Lipinski definition) is 2. The van der Waals surface area contributed by atoms with E-state index in [0.717, 1.165) is 5.56 Å². The summed E-state index contributed by atoms with van der Waals surface area (Å²) in [6.45, 7) is 2.35. The van der Waals surface area contributed by atoms with E-state index in [-0.39, 0.29) is 11.6 Å². The standard InChI is InChI=1S/C10H11NO2/c1-10(7-13-9(12)11-10)8-5-3-2-4-6-8/h2-6H,7H2,1H3,(H,11,12)/t10-/m0/s1. The predicted molar refractivity (Wildman–Crippen MR) is 48.3 cm³/mol. The lowest BCUT2D eigenvalue weighted by Crippen LogP contribution is -2.37. The molecule has 0 saturated carbocycles. The van der Waals surface area contributed by atoms with Crippen molar-refractivity contribution in [3.05, 3.63) is 35.9 Å². The molecular formula is C10H11NO2. The van der Waals surface area contributed by atoms with Crippen LogP contribution in [-0.2, 0) is 10.3 Å². The quantitative estimate of drug-likeness (QED) is 0.708. The number of benzene rings is 1. The van der Waals surface area contributed by atoms with Gasteiger partial charge >= 0.3 is 6.09 Å².